The molecule has 0 amide bonds. The fraction of sp³-hybridized carbons (Fsp3) is 0.118. The van der Waals surface area contributed by atoms with Crippen LogP contribution in [0.2, 0.25) is 5.02 Å². The Bertz CT molecular complexity index is 943. The molecule has 1 unspecified atom stereocenters. The van der Waals surface area contributed by atoms with E-state index in [-0.39, 0.29) is 29.0 Å². The first kappa shape index (κ1) is 19.0. The maximum Gasteiger partial charge on any atom is 0.289 e. The lowest BCUT2D eigenvalue weighted by molar-refractivity contribution is -0.384. The molecule has 3 rings (SSSR count). The van der Waals surface area contributed by atoms with E-state index in [1.807, 2.05) is 29.0 Å². The highest BCUT2D eigenvalue weighted by Crippen LogP contribution is 2.33. The van der Waals surface area contributed by atoms with Crippen LogP contribution in [0.4, 0.5) is 11.4 Å². The van der Waals surface area contributed by atoms with Crippen LogP contribution in [0.15, 0.2) is 51.6 Å². The highest BCUT2D eigenvalue weighted by Gasteiger charge is 2.22. The van der Waals surface area contributed by atoms with Crippen molar-refractivity contribution in [1.29, 1.82) is 0 Å². The zero-order valence-electron chi connectivity index (χ0n) is 13.1. The number of anilines is 1. The normalized spacial score (nSPS) is 11.9. The van der Waals surface area contributed by atoms with Crippen LogP contribution in [0.1, 0.15) is 27.0 Å². The van der Waals surface area contributed by atoms with Gasteiger partial charge in [-0.1, -0.05) is 17.7 Å². The Kier molecular flexibility index (Phi) is 6.08. The molecule has 0 aliphatic heterocycles. The van der Waals surface area contributed by atoms with E-state index in [4.69, 9.17) is 11.6 Å². The van der Waals surface area contributed by atoms with Gasteiger partial charge in [-0.2, -0.15) is 0 Å². The summed E-state index contributed by atoms with van der Waals surface area (Å²) >= 11 is 12.2. The number of nitro groups is 1. The number of benzene rings is 1. The molecule has 2 heterocycles. The minimum absolute atomic E-state index is 0.00115. The SMILES string of the molecule is O=C(CC(Nc1ccc(Cl)c([N+](=O)[O-])c1)c1cccs1)c1sccc1Br. The number of ketones is 1. The van der Waals surface area contributed by atoms with E-state index in [0.29, 0.717) is 10.6 Å². The van der Waals surface area contributed by atoms with Crippen LogP contribution in [0.25, 0.3) is 0 Å². The fourth-order valence-electron chi connectivity index (χ4n) is 2.43. The first-order chi connectivity index (χ1) is 12.5. The van der Waals surface area contributed by atoms with E-state index in [0.717, 1.165) is 9.35 Å². The molecule has 0 saturated carbocycles. The highest BCUT2D eigenvalue weighted by molar-refractivity contribution is 9.10. The maximum absolute atomic E-state index is 12.7. The lowest BCUT2D eigenvalue weighted by Gasteiger charge is -2.18. The van der Waals surface area contributed by atoms with Gasteiger partial charge in [0.05, 0.1) is 15.8 Å². The molecular weight excluding hydrogens is 460 g/mol. The van der Waals surface area contributed by atoms with E-state index in [9.17, 15) is 14.9 Å². The molecular formula is C17H12BrClN2O3S2. The predicted molar refractivity (Wildman–Crippen MR) is 110 cm³/mol. The number of hydrogen-bond donors (Lipinski definition) is 1. The molecule has 0 bridgehead atoms. The Labute approximate surface area is 170 Å². The smallest absolute Gasteiger partial charge is 0.289 e. The second kappa shape index (κ2) is 8.30. The topological polar surface area (TPSA) is 72.2 Å². The van der Waals surface area contributed by atoms with Gasteiger partial charge in [0.1, 0.15) is 5.02 Å². The van der Waals surface area contributed by atoms with Crippen LogP contribution < -0.4 is 5.32 Å². The first-order valence-electron chi connectivity index (χ1n) is 7.46. The van der Waals surface area contributed by atoms with Crippen molar-refractivity contribution in [3.8, 4) is 0 Å². The number of carbonyl (C=O) groups is 1. The average Bonchev–Trinajstić information content (AvgIpc) is 3.27. The van der Waals surface area contributed by atoms with Crippen LogP contribution in [-0.4, -0.2) is 10.7 Å². The zero-order chi connectivity index (χ0) is 18.7. The summed E-state index contributed by atoms with van der Waals surface area (Å²) in [5, 5.41) is 18.2. The predicted octanol–water partition coefficient (Wildman–Crippen LogP) is 6.56. The van der Waals surface area contributed by atoms with Crippen molar-refractivity contribution in [2.75, 3.05) is 5.32 Å². The number of rotatable bonds is 7. The number of hydrogen-bond acceptors (Lipinski definition) is 6. The second-order valence-corrected chi connectivity index (χ2v) is 8.52. The Morgan fingerprint density at radius 3 is 2.69 bits per heavy atom. The van der Waals surface area contributed by atoms with Crippen molar-refractivity contribution in [1.82, 2.24) is 0 Å². The molecule has 0 saturated heterocycles. The number of Topliss-reactive ketones (excluding diaryl/α,β-unsaturated/α-hetero) is 1. The monoisotopic (exact) mass is 470 g/mol. The van der Waals surface area contributed by atoms with Gasteiger partial charge in [-0.3, -0.25) is 14.9 Å². The Morgan fingerprint density at radius 2 is 2.08 bits per heavy atom. The van der Waals surface area contributed by atoms with Crippen molar-refractivity contribution in [2.45, 2.75) is 12.5 Å². The number of carbonyl (C=O) groups excluding carboxylic acids is 1. The van der Waals surface area contributed by atoms with Crippen LogP contribution >= 0.6 is 50.2 Å². The van der Waals surface area contributed by atoms with Gasteiger partial charge < -0.3 is 5.32 Å². The largest absolute Gasteiger partial charge is 0.377 e. The standard InChI is InChI=1S/C17H12BrClN2O3S2/c18-11-5-7-26-17(11)15(22)9-13(16-2-1-6-25-16)20-10-3-4-12(19)14(8-10)21(23)24/h1-8,13,20H,9H2. The summed E-state index contributed by atoms with van der Waals surface area (Å²) in [5.74, 6) is 0.00115. The Balaban J connectivity index is 1.86. The van der Waals surface area contributed by atoms with Gasteiger partial charge in [0, 0.05) is 27.5 Å². The van der Waals surface area contributed by atoms with E-state index >= 15 is 0 Å². The van der Waals surface area contributed by atoms with Crippen LogP contribution in [0.3, 0.4) is 0 Å². The summed E-state index contributed by atoms with van der Waals surface area (Å²) in [5.41, 5.74) is 0.367. The zero-order valence-corrected chi connectivity index (χ0v) is 17.1. The molecule has 0 aliphatic rings. The number of thiophene rings is 2. The van der Waals surface area contributed by atoms with E-state index in [1.165, 1.54) is 34.8 Å². The van der Waals surface area contributed by atoms with Gasteiger partial charge in [0.15, 0.2) is 5.78 Å². The number of nitrogens with zero attached hydrogens (tertiary/aromatic N) is 1. The summed E-state index contributed by atoms with van der Waals surface area (Å²) in [7, 11) is 0. The molecule has 0 aliphatic carbocycles. The van der Waals surface area contributed by atoms with Crippen molar-refractivity contribution >= 4 is 67.4 Å². The van der Waals surface area contributed by atoms with Crippen molar-refractivity contribution < 1.29 is 9.72 Å². The average molecular weight is 472 g/mol. The summed E-state index contributed by atoms with van der Waals surface area (Å²) in [4.78, 5) is 24.9. The first-order valence-corrected chi connectivity index (χ1v) is 10.4. The lowest BCUT2D eigenvalue weighted by Crippen LogP contribution is -2.14. The van der Waals surface area contributed by atoms with Gasteiger partial charge in [-0.15, -0.1) is 22.7 Å². The summed E-state index contributed by atoms with van der Waals surface area (Å²) in [6.45, 7) is 0. The minimum Gasteiger partial charge on any atom is -0.377 e. The van der Waals surface area contributed by atoms with Gasteiger partial charge >= 0.3 is 0 Å². The molecule has 1 atom stereocenters. The van der Waals surface area contributed by atoms with Crippen molar-refractivity contribution in [2.24, 2.45) is 0 Å². The molecule has 5 nitrogen and oxygen atoms in total. The highest BCUT2D eigenvalue weighted by atomic mass is 79.9. The fourth-order valence-corrected chi connectivity index (χ4v) is 4.94. The number of nitro benzene ring substituents is 1. The third-order valence-electron chi connectivity index (χ3n) is 3.63. The third kappa shape index (κ3) is 4.32. The quantitative estimate of drug-likeness (QED) is 0.240. The van der Waals surface area contributed by atoms with Gasteiger partial charge in [0.2, 0.25) is 0 Å². The Hall–Kier alpha value is -1.74. The lowest BCUT2D eigenvalue weighted by atomic mass is 10.1. The summed E-state index contributed by atoms with van der Waals surface area (Å²) in [6, 6.07) is 9.92. The molecule has 1 aromatic carbocycles. The van der Waals surface area contributed by atoms with Crippen LogP contribution in [-0.2, 0) is 0 Å². The number of halogens is 2. The number of nitrogens with one attached hydrogen (secondary N) is 1. The molecule has 0 spiro atoms. The molecule has 3 aromatic rings. The molecule has 9 heteroatoms. The second-order valence-electron chi connectivity index (χ2n) is 5.36. The van der Waals surface area contributed by atoms with Gasteiger partial charge in [-0.05, 0) is 51.0 Å². The van der Waals surface area contributed by atoms with Gasteiger partial charge in [-0.25, -0.2) is 0 Å². The minimum atomic E-state index is -0.526. The van der Waals surface area contributed by atoms with Crippen LogP contribution in [0, 0.1) is 10.1 Å². The third-order valence-corrected chi connectivity index (χ3v) is 6.81. The van der Waals surface area contributed by atoms with Crippen LogP contribution in [0.5, 0.6) is 0 Å². The van der Waals surface area contributed by atoms with E-state index in [1.54, 1.807) is 6.07 Å². The maximum atomic E-state index is 12.7. The molecule has 1 N–H and O–H groups in total. The summed E-state index contributed by atoms with van der Waals surface area (Å²) < 4.78 is 0.777. The molecule has 2 aromatic heterocycles. The van der Waals surface area contributed by atoms with Crippen molar-refractivity contribution in [3.63, 3.8) is 0 Å². The molecule has 134 valence electrons. The molecule has 26 heavy (non-hydrogen) atoms. The molecule has 0 fully saturated rings. The Morgan fingerprint density at radius 1 is 1.27 bits per heavy atom. The van der Waals surface area contributed by atoms with Crippen molar-refractivity contribution in [3.05, 3.63) is 76.5 Å². The van der Waals surface area contributed by atoms with E-state index < -0.39 is 4.92 Å². The molecule has 0 radical (unpaired) electrons. The van der Waals surface area contributed by atoms with E-state index in [2.05, 4.69) is 21.2 Å². The van der Waals surface area contributed by atoms with Gasteiger partial charge in [0.25, 0.3) is 5.69 Å². The summed E-state index contributed by atoms with van der Waals surface area (Å²) in [6.07, 6.45) is 0.232.